The van der Waals surface area contributed by atoms with Crippen molar-refractivity contribution in [2.45, 2.75) is 44.6 Å². The number of anilines is 1. The largest absolute Gasteiger partial charge is 0.390 e. The van der Waals surface area contributed by atoms with Crippen LogP contribution in [0.15, 0.2) is 36.8 Å². The van der Waals surface area contributed by atoms with Crippen molar-refractivity contribution < 1.29 is 22.5 Å². The van der Waals surface area contributed by atoms with Crippen molar-refractivity contribution in [1.82, 2.24) is 29.5 Å². The van der Waals surface area contributed by atoms with E-state index in [0.717, 1.165) is 5.69 Å². The van der Waals surface area contributed by atoms with Crippen molar-refractivity contribution in [1.29, 1.82) is 0 Å². The number of rotatable bonds is 9. The zero-order valence-corrected chi connectivity index (χ0v) is 20.5. The second-order valence-corrected chi connectivity index (χ2v) is 9.96. The Hall–Kier alpha value is -2.97. The lowest BCUT2D eigenvalue weighted by molar-refractivity contribution is 0.0636. The Kier molecular flexibility index (Phi) is 7.42. The molecule has 1 fully saturated rings. The molecule has 3 N–H and O–H groups in total. The van der Waals surface area contributed by atoms with Gasteiger partial charge in [0.25, 0.3) is 0 Å². The van der Waals surface area contributed by atoms with Crippen molar-refractivity contribution in [3.05, 3.63) is 64.6 Å². The predicted molar refractivity (Wildman–Crippen MR) is 126 cm³/mol. The van der Waals surface area contributed by atoms with Gasteiger partial charge in [0.05, 0.1) is 23.9 Å². The van der Waals surface area contributed by atoms with E-state index in [1.54, 1.807) is 22.9 Å². The van der Waals surface area contributed by atoms with Crippen LogP contribution in [-0.2, 0) is 21.0 Å². The molecule has 0 unspecified atom stereocenters. The first-order chi connectivity index (χ1) is 16.6. The first-order valence-corrected chi connectivity index (χ1v) is 12.5. The van der Waals surface area contributed by atoms with Crippen LogP contribution in [0.4, 0.5) is 5.82 Å². The summed E-state index contributed by atoms with van der Waals surface area (Å²) in [5, 5.41) is 18.1. The topological polar surface area (TPSA) is 161 Å². The fourth-order valence-corrected chi connectivity index (χ4v) is 4.63. The Bertz CT molecular complexity index is 1330. The minimum Gasteiger partial charge on any atom is -0.390 e. The molecule has 0 bridgehead atoms. The number of halogens is 1. The maximum Gasteiger partial charge on any atom is 0.335 e. The highest BCUT2D eigenvalue weighted by Gasteiger charge is 2.37. The molecule has 1 saturated carbocycles. The molecule has 0 aromatic carbocycles. The number of nitrogens with one attached hydrogen (secondary N) is 2. The number of carbonyl (C=O) groups is 1. The lowest BCUT2D eigenvalue weighted by Crippen LogP contribution is -2.31. The second kappa shape index (κ2) is 10.3. The van der Waals surface area contributed by atoms with E-state index >= 15 is 0 Å². The Morgan fingerprint density at radius 2 is 2.14 bits per heavy atom. The number of aromatic nitrogens is 5. The molecule has 1 aliphatic rings. The van der Waals surface area contributed by atoms with Crippen LogP contribution < -0.4 is 10.0 Å². The standard InChI is InChI=1S/C21H24ClN7O5S/c1-12-6-16(28-29(12)10-13-4-3-5-19(22)26-13)20(31)15-9-24-11-25-21(15)27-14-7-17(30)18(8-14)34-35(32,33)23-2/h3-6,9,11,14,17-18,23,30H,7-8,10H2,1-2H3,(H,24,25,27)/t14-,17+,18-/m1/s1. The van der Waals surface area contributed by atoms with Gasteiger partial charge >= 0.3 is 10.3 Å². The zero-order valence-electron chi connectivity index (χ0n) is 18.9. The van der Waals surface area contributed by atoms with Crippen LogP contribution in [0, 0.1) is 6.92 Å². The lowest BCUT2D eigenvalue weighted by Gasteiger charge is -2.15. The molecular weight excluding hydrogens is 498 g/mol. The number of aryl methyl sites for hydroxylation is 1. The fourth-order valence-electron chi connectivity index (χ4n) is 3.82. The zero-order chi connectivity index (χ0) is 25.2. The van der Waals surface area contributed by atoms with Crippen molar-refractivity contribution in [2.24, 2.45) is 0 Å². The number of aliphatic hydroxyl groups is 1. The third-order valence-electron chi connectivity index (χ3n) is 5.57. The summed E-state index contributed by atoms with van der Waals surface area (Å²) in [4.78, 5) is 25.7. The van der Waals surface area contributed by atoms with Crippen LogP contribution in [0.1, 0.15) is 40.3 Å². The minimum absolute atomic E-state index is 0.194. The molecule has 3 heterocycles. The number of aliphatic hydroxyl groups excluding tert-OH is 1. The van der Waals surface area contributed by atoms with Gasteiger partial charge in [-0.05, 0) is 38.0 Å². The number of hydrogen-bond donors (Lipinski definition) is 3. The Morgan fingerprint density at radius 3 is 2.89 bits per heavy atom. The summed E-state index contributed by atoms with van der Waals surface area (Å²) in [6.07, 6.45) is 1.15. The highest BCUT2D eigenvalue weighted by atomic mass is 35.5. The summed E-state index contributed by atoms with van der Waals surface area (Å²) in [6.45, 7) is 2.17. The minimum atomic E-state index is -3.96. The van der Waals surface area contributed by atoms with Crippen molar-refractivity contribution in [2.75, 3.05) is 12.4 Å². The molecule has 186 valence electrons. The number of ketones is 1. The summed E-state index contributed by atoms with van der Waals surface area (Å²) >= 11 is 5.96. The van der Waals surface area contributed by atoms with Gasteiger partial charge < -0.3 is 10.4 Å². The first-order valence-electron chi connectivity index (χ1n) is 10.7. The van der Waals surface area contributed by atoms with E-state index in [-0.39, 0.29) is 36.0 Å². The summed E-state index contributed by atoms with van der Waals surface area (Å²) in [6, 6.07) is 6.57. The first kappa shape index (κ1) is 25.1. The van der Waals surface area contributed by atoms with Gasteiger partial charge in [0.2, 0.25) is 5.78 Å². The molecule has 4 rings (SSSR count). The number of hydrogen-bond acceptors (Lipinski definition) is 10. The molecule has 0 amide bonds. The summed E-state index contributed by atoms with van der Waals surface area (Å²) < 4.78 is 32.1. The lowest BCUT2D eigenvalue weighted by atomic mass is 10.1. The van der Waals surface area contributed by atoms with Gasteiger partial charge in [-0.3, -0.25) is 13.7 Å². The average molecular weight is 522 g/mol. The Morgan fingerprint density at radius 1 is 1.34 bits per heavy atom. The Labute approximate surface area is 207 Å². The quantitative estimate of drug-likeness (QED) is 0.274. The average Bonchev–Trinajstić information content (AvgIpc) is 3.35. The van der Waals surface area contributed by atoms with E-state index < -0.39 is 28.3 Å². The summed E-state index contributed by atoms with van der Waals surface area (Å²) in [7, 11) is -2.73. The van der Waals surface area contributed by atoms with E-state index in [9.17, 15) is 18.3 Å². The molecule has 0 aliphatic heterocycles. The van der Waals surface area contributed by atoms with Crippen LogP contribution in [0.3, 0.4) is 0 Å². The molecule has 14 heteroatoms. The molecule has 3 atom stereocenters. The van der Waals surface area contributed by atoms with Crippen molar-refractivity contribution in [3.63, 3.8) is 0 Å². The third kappa shape index (κ3) is 6.00. The van der Waals surface area contributed by atoms with Gasteiger partial charge in [0, 0.05) is 25.0 Å². The normalized spacial score (nSPS) is 20.2. The Balaban J connectivity index is 1.50. The maximum absolute atomic E-state index is 13.3. The molecule has 0 radical (unpaired) electrons. The third-order valence-corrected chi connectivity index (χ3v) is 6.78. The maximum atomic E-state index is 13.3. The van der Waals surface area contributed by atoms with E-state index in [1.807, 2.05) is 13.0 Å². The molecule has 0 saturated heterocycles. The SMILES string of the molecule is CNS(=O)(=O)O[C@@H]1C[C@H](Nc2ncncc2C(=O)c2cc(C)n(Cc3cccc(Cl)n3)n2)C[C@@H]1O. The van der Waals surface area contributed by atoms with Crippen LogP contribution in [-0.4, -0.2) is 69.3 Å². The van der Waals surface area contributed by atoms with E-state index in [4.69, 9.17) is 15.8 Å². The molecule has 3 aromatic heterocycles. The van der Waals surface area contributed by atoms with Crippen LogP contribution in [0.25, 0.3) is 0 Å². The molecule has 0 spiro atoms. The molecule has 1 aliphatic carbocycles. The molecular formula is C21H24ClN7O5S. The van der Waals surface area contributed by atoms with Crippen molar-refractivity contribution in [3.8, 4) is 0 Å². The van der Waals surface area contributed by atoms with Crippen LogP contribution in [0.5, 0.6) is 0 Å². The number of pyridine rings is 1. The van der Waals surface area contributed by atoms with Crippen LogP contribution >= 0.6 is 11.6 Å². The summed E-state index contributed by atoms with van der Waals surface area (Å²) in [5.74, 6) is -0.138. The van der Waals surface area contributed by atoms with Crippen molar-refractivity contribution >= 4 is 33.5 Å². The van der Waals surface area contributed by atoms with Gasteiger partial charge in [-0.25, -0.2) is 15.0 Å². The van der Waals surface area contributed by atoms with E-state index in [2.05, 4.69) is 30.1 Å². The van der Waals surface area contributed by atoms with Gasteiger partial charge in [0.1, 0.15) is 29.1 Å². The summed E-state index contributed by atoms with van der Waals surface area (Å²) in [5.41, 5.74) is 1.85. The van der Waals surface area contributed by atoms with E-state index in [1.165, 1.54) is 19.6 Å². The molecule has 12 nitrogen and oxygen atoms in total. The highest BCUT2D eigenvalue weighted by Crippen LogP contribution is 2.28. The second-order valence-electron chi connectivity index (χ2n) is 8.07. The van der Waals surface area contributed by atoms with Gasteiger partial charge in [-0.1, -0.05) is 17.7 Å². The molecule has 3 aromatic rings. The molecule has 35 heavy (non-hydrogen) atoms. The van der Waals surface area contributed by atoms with Gasteiger partial charge in [-0.2, -0.15) is 18.2 Å². The smallest absolute Gasteiger partial charge is 0.335 e. The number of carbonyl (C=O) groups excluding carboxylic acids is 1. The predicted octanol–water partition coefficient (Wildman–Crippen LogP) is 1.09. The fraction of sp³-hybridized carbons (Fsp3) is 0.381. The van der Waals surface area contributed by atoms with Gasteiger partial charge in [-0.15, -0.1) is 0 Å². The van der Waals surface area contributed by atoms with Crippen LogP contribution in [0.2, 0.25) is 5.15 Å². The number of nitrogens with zero attached hydrogens (tertiary/aromatic N) is 5. The highest BCUT2D eigenvalue weighted by molar-refractivity contribution is 7.84. The monoisotopic (exact) mass is 521 g/mol. The van der Waals surface area contributed by atoms with E-state index in [0.29, 0.717) is 17.4 Å². The van der Waals surface area contributed by atoms with Gasteiger partial charge in [0.15, 0.2) is 0 Å².